The lowest BCUT2D eigenvalue weighted by Gasteiger charge is -2.26. The molecule has 0 saturated carbocycles. The zero-order chi connectivity index (χ0) is 18.1. The van der Waals surface area contributed by atoms with Gasteiger partial charge in [-0.25, -0.2) is 4.39 Å². The summed E-state index contributed by atoms with van der Waals surface area (Å²) in [6.07, 6.45) is 3.02. The van der Waals surface area contributed by atoms with Crippen LogP contribution in [0.5, 0.6) is 0 Å². The van der Waals surface area contributed by atoms with Crippen LogP contribution in [-0.4, -0.2) is 13.0 Å². The van der Waals surface area contributed by atoms with Gasteiger partial charge in [-0.3, -0.25) is 4.79 Å². The van der Waals surface area contributed by atoms with Gasteiger partial charge in [-0.2, -0.15) is 0 Å². The maximum atomic E-state index is 14.3. The van der Waals surface area contributed by atoms with Gasteiger partial charge in [-0.05, 0) is 42.5 Å². The van der Waals surface area contributed by atoms with Crippen LogP contribution in [0.1, 0.15) is 45.2 Å². The Hall–Kier alpha value is -2.24. The van der Waals surface area contributed by atoms with E-state index in [9.17, 15) is 9.18 Å². The maximum absolute atomic E-state index is 14.3. The van der Waals surface area contributed by atoms with Gasteiger partial charge in [-0.15, -0.1) is 11.3 Å². The summed E-state index contributed by atoms with van der Waals surface area (Å²) in [4.78, 5) is 13.6. The number of benzene rings is 2. The zero-order valence-electron chi connectivity index (χ0n) is 14.5. The Labute approximate surface area is 155 Å². The van der Waals surface area contributed by atoms with Gasteiger partial charge in [0.2, 0.25) is 0 Å². The molecule has 2 aromatic carbocycles. The van der Waals surface area contributed by atoms with Gasteiger partial charge in [0.15, 0.2) is 0 Å². The van der Waals surface area contributed by atoms with Crippen LogP contribution in [0.2, 0.25) is 0 Å². The quantitative estimate of drug-likeness (QED) is 0.703. The van der Waals surface area contributed by atoms with E-state index in [1.165, 1.54) is 28.5 Å². The number of hydrogen-bond donors (Lipinski definition) is 1. The highest BCUT2D eigenvalue weighted by molar-refractivity contribution is 7.21. The van der Waals surface area contributed by atoms with Crippen molar-refractivity contribution in [3.63, 3.8) is 0 Å². The summed E-state index contributed by atoms with van der Waals surface area (Å²) in [5.74, 6) is -0.466. The molecule has 1 aliphatic carbocycles. The summed E-state index contributed by atoms with van der Waals surface area (Å²) in [7, 11) is 1.56. The van der Waals surface area contributed by atoms with Gasteiger partial charge in [0.1, 0.15) is 5.82 Å². The third-order valence-corrected chi connectivity index (χ3v) is 6.13. The lowest BCUT2D eigenvalue weighted by atomic mass is 9.87. The van der Waals surface area contributed by atoms with Gasteiger partial charge in [0, 0.05) is 22.8 Å². The van der Waals surface area contributed by atoms with Crippen LogP contribution in [0.3, 0.4) is 0 Å². The van der Waals surface area contributed by atoms with Crippen molar-refractivity contribution in [2.24, 2.45) is 0 Å². The van der Waals surface area contributed by atoms with Gasteiger partial charge in [-0.1, -0.05) is 30.3 Å². The molecule has 0 unspecified atom stereocenters. The van der Waals surface area contributed by atoms with E-state index >= 15 is 0 Å². The normalized spacial score (nSPS) is 16.5. The minimum atomic E-state index is -0.312. The average molecular weight is 369 g/mol. The lowest BCUT2D eigenvalue weighted by Crippen LogP contribution is -2.31. The molecule has 0 saturated heterocycles. The molecule has 0 aliphatic heterocycles. The molecule has 0 spiro atoms. The van der Waals surface area contributed by atoms with Gasteiger partial charge in [0.25, 0.3) is 5.91 Å². The minimum Gasteiger partial charge on any atom is -0.380 e. The van der Waals surface area contributed by atoms with Gasteiger partial charge >= 0.3 is 0 Å². The number of methoxy groups -OCH3 is 1. The summed E-state index contributed by atoms with van der Waals surface area (Å²) in [5.41, 5.74) is 3.11. The molecular formula is C21H20FNO2S. The highest BCUT2D eigenvalue weighted by Gasteiger charge is 2.25. The zero-order valence-corrected chi connectivity index (χ0v) is 15.4. The number of ether oxygens (including phenoxy) is 1. The summed E-state index contributed by atoms with van der Waals surface area (Å²) in [5, 5.41) is 3.66. The van der Waals surface area contributed by atoms with Crippen LogP contribution < -0.4 is 5.32 Å². The van der Waals surface area contributed by atoms with Crippen molar-refractivity contribution in [1.82, 2.24) is 5.32 Å². The standard InChI is InChI=1S/C21H20FNO2S/c1-25-12-15-19-16(22)9-5-11-18(19)26-20(15)21(24)23-17-10-4-7-13-6-2-3-8-14(13)17/h2-3,5-6,8-9,11,17H,4,7,10,12H2,1H3,(H,23,24)/t17-/m1/s1. The molecule has 1 atom stereocenters. The fraction of sp³-hybridized carbons (Fsp3) is 0.286. The molecule has 5 heteroatoms. The van der Waals surface area contributed by atoms with E-state index in [2.05, 4.69) is 17.4 Å². The molecule has 4 rings (SSSR count). The molecule has 1 aliphatic rings. The maximum Gasteiger partial charge on any atom is 0.262 e. The molecule has 0 radical (unpaired) electrons. The molecule has 3 nitrogen and oxygen atoms in total. The molecule has 1 amide bonds. The van der Waals surface area contributed by atoms with Crippen molar-refractivity contribution >= 4 is 27.3 Å². The Balaban J connectivity index is 1.69. The van der Waals surface area contributed by atoms with Crippen LogP contribution >= 0.6 is 11.3 Å². The second-order valence-corrected chi connectivity index (χ2v) is 7.63. The predicted octanol–water partition coefficient (Wildman–Crippen LogP) is 4.99. The number of amides is 1. The molecule has 1 heterocycles. The van der Waals surface area contributed by atoms with Crippen LogP contribution in [0, 0.1) is 5.82 Å². The fourth-order valence-electron chi connectivity index (χ4n) is 3.76. The Morgan fingerprint density at radius 1 is 1.27 bits per heavy atom. The average Bonchev–Trinajstić information content (AvgIpc) is 3.02. The van der Waals surface area contributed by atoms with E-state index in [0.29, 0.717) is 15.8 Å². The number of aryl methyl sites for hydroxylation is 1. The van der Waals surface area contributed by atoms with Crippen molar-refractivity contribution < 1.29 is 13.9 Å². The third-order valence-electron chi connectivity index (χ3n) is 4.93. The first-order valence-corrected chi connectivity index (χ1v) is 9.58. The van der Waals surface area contributed by atoms with Crippen molar-refractivity contribution in [2.45, 2.75) is 31.9 Å². The lowest BCUT2D eigenvalue weighted by molar-refractivity contribution is 0.0932. The molecular weight excluding hydrogens is 349 g/mol. The molecule has 0 bridgehead atoms. The van der Waals surface area contributed by atoms with Crippen molar-refractivity contribution in [3.8, 4) is 0 Å². The van der Waals surface area contributed by atoms with Gasteiger partial charge < -0.3 is 10.1 Å². The van der Waals surface area contributed by atoms with Crippen LogP contribution in [0.25, 0.3) is 10.1 Å². The molecule has 134 valence electrons. The van der Waals surface area contributed by atoms with E-state index in [4.69, 9.17) is 4.74 Å². The summed E-state index contributed by atoms with van der Waals surface area (Å²) >= 11 is 1.32. The second kappa shape index (κ2) is 7.17. The van der Waals surface area contributed by atoms with E-state index in [-0.39, 0.29) is 24.4 Å². The fourth-order valence-corrected chi connectivity index (χ4v) is 4.89. The number of nitrogens with one attached hydrogen (secondary N) is 1. The van der Waals surface area contributed by atoms with E-state index in [0.717, 1.165) is 24.0 Å². The molecule has 1 N–H and O–H groups in total. The first-order chi connectivity index (χ1) is 12.7. The SMILES string of the molecule is COCc1c(C(=O)N[C@@H]2CCCc3ccccc32)sc2cccc(F)c12. The van der Waals surface area contributed by atoms with E-state index < -0.39 is 0 Å². The number of rotatable bonds is 4. The van der Waals surface area contributed by atoms with Crippen LogP contribution in [0.4, 0.5) is 4.39 Å². The smallest absolute Gasteiger partial charge is 0.262 e. The highest BCUT2D eigenvalue weighted by atomic mass is 32.1. The number of halogens is 1. The number of fused-ring (bicyclic) bond motifs is 2. The summed E-state index contributed by atoms with van der Waals surface area (Å²) in [6, 6.07) is 13.2. The Kier molecular flexibility index (Phi) is 4.74. The number of hydrogen-bond acceptors (Lipinski definition) is 3. The molecule has 26 heavy (non-hydrogen) atoms. The first kappa shape index (κ1) is 17.2. The second-order valence-electron chi connectivity index (χ2n) is 6.57. The van der Waals surface area contributed by atoms with Crippen molar-refractivity contribution in [1.29, 1.82) is 0 Å². The topological polar surface area (TPSA) is 38.3 Å². The number of carbonyl (C=O) groups is 1. The van der Waals surface area contributed by atoms with Gasteiger partial charge in [0.05, 0.1) is 17.5 Å². The summed E-state index contributed by atoms with van der Waals surface area (Å²) < 4.78 is 20.3. The monoisotopic (exact) mass is 369 g/mol. The number of thiophene rings is 1. The summed E-state index contributed by atoms with van der Waals surface area (Å²) in [6.45, 7) is 0.213. The first-order valence-electron chi connectivity index (χ1n) is 8.76. The molecule has 0 fully saturated rings. The van der Waals surface area contributed by atoms with Crippen molar-refractivity contribution in [3.05, 3.63) is 69.8 Å². The Bertz CT molecular complexity index is 966. The van der Waals surface area contributed by atoms with E-state index in [1.807, 2.05) is 18.2 Å². The third kappa shape index (κ3) is 3.02. The molecule has 3 aromatic rings. The predicted molar refractivity (Wildman–Crippen MR) is 102 cm³/mol. The molecule has 1 aromatic heterocycles. The highest BCUT2D eigenvalue weighted by Crippen LogP contribution is 2.35. The Morgan fingerprint density at radius 2 is 2.12 bits per heavy atom. The Morgan fingerprint density at radius 3 is 2.96 bits per heavy atom. The number of carbonyl (C=O) groups excluding carboxylic acids is 1. The van der Waals surface area contributed by atoms with E-state index in [1.54, 1.807) is 13.2 Å². The van der Waals surface area contributed by atoms with Crippen LogP contribution in [0.15, 0.2) is 42.5 Å². The van der Waals surface area contributed by atoms with Crippen LogP contribution in [-0.2, 0) is 17.8 Å². The van der Waals surface area contributed by atoms with Crippen molar-refractivity contribution in [2.75, 3.05) is 7.11 Å². The minimum absolute atomic E-state index is 0.00194. The largest absolute Gasteiger partial charge is 0.380 e.